The summed E-state index contributed by atoms with van der Waals surface area (Å²) >= 11 is 1.89. The molecule has 18 heavy (non-hydrogen) atoms. The zero-order chi connectivity index (χ0) is 13.9. The van der Waals surface area contributed by atoms with Crippen molar-refractivity contribution in [3.63, 3.8) is 0 Å². The third-order valence-electron chi connectivity index (χ3n) is 2.04. The SMILES string of the molecule is O=C(NCC(O)C(F)(F)F)c1cc(I)ccc1O. The van der Waals surface area contributed by atoms with Crippen molar-refractivity contribution in [1.82, 2.24) is 5.32 Å². The largest absolute Gasteiger partial charge is 0.507 e. The van der Waals surface area contributed by atoms with Gasteiger partial charge in [-0.25, -0.2) is 0 Å². The maximum absolute atomic E-state index is 12.0. The number of halogens is 4. The quantitative estimate of drug-likeness (QED) is 0.704. The number of benzene rings is 1. The van der Waals surface area contributed by atoms with E-state index in [0.29, 0.717) is 3.57 Å². The number of phenols is 1. The Kier molecular flexibility index (Phi) is 4.79. The van der Waals surface area contributed by atoms with Crippen molar-refractivity contribution in [2.45, 2.75) is 12.3 Å². The van der Waals surface area contributed by atoms with Gasteiger partial charge in [-0.3, -0.25) is 4.79 Å². The van der Waals surface area contributed by atoms with Crippen molar-refractivity contribution in [2.24, 2.45) is 0 Å². The Balaban J connectivity index is 2.69. The van der Waals surface area contributed by atoms with Crippen LogP contribution >= 0.6 is 22.6 Å². The minimum absolute atomic E-state index is 0.142. The fourth-order valence-corrected chi connectivity index (χ4v) is 1.58. The molecule has 0 saturated carbocycles. The van der Waals surface area contributed by atoms with Gasteiger partial charge in [-0.05, 0) is 40.8 Å². The Morgan fingerprint density at radius 2 is 2.06 bits per heavy atom. The molecule has 8 heteroatoms. The van der Waals surface area contributed by atoms with Crippen LogP contribution in [0.2, 0.25) is 0 Å². The highest BCUT2D eigenvalue weighted by atomic mass is 127. The fourth-order valence-electron chi connectivity index (χ4n) is 1.09. The van der Waals surface area contributed by atoms with Crippen molar-refractivity contribution in [3.05, 3.63) is 27.3 Å². The monoisotopic (exact) mass is 375 g/mol. The molecule has 1 aromatic rings. The lowest BCUT2D eigenvalue weighted by atomic mass is 10.2. The molecule has 3 N–H and O–H groups in total. The molecule has 1 amide bonds. The van der Waals surface area contributed by atoms with Crippen molar-refractivity contribution in [3.8, 4) is 5.75 Å². The summed E-state index contributed by atoms with van der Waals surface area (Å²) in [4.78, 5) is 11.5. The van der Waals surface area contributed by atoms with E-state index in [1.54, 1.807) is 0 Å². The second-order valence-electron chi connectivity index (χ2n) is 3.43. The van der Waals surface area contributed by atoms with Crippen LogP contribution in [0.25, 0.3) is 0 Å². The Labute approximate surface area is 114 Å². The van der Waals surface area contributed by atoms with Crippen LogP contribution in [0.3, 0.4) is 0 Å². The summed E-state index contributed by atoms with van der Waals surface area (Å²) in [7, 11) is 0. The first-order valence-electron chi connectivity index (χ1n) is 4.73. The predicted molar refractivity (Wildman–Crippen MR) is 65.2 cm³/mol. The Morgan fingerprint density at radius 3 is 2.61 bits per heavy atom. The summed E-state index contributed by atoms with van der Waals surface area (Å²) in [5.41, 5.74) is -0.142. The van der Waals surface area contributed by atoms with Gasteiger partial charge in [-0.2, -0.15) is 13.2 Å². The summed E-state index contributed by atoms with van der Waals surface area (Å²) < 4.78 is 36.6. The minimum atomic E-state index is -4.79. The number of amides is 1. The predicted octanol–water partition coefficient (Wildman–Crippen LogP) is 1.65. The smallest absolute Gasteiger partial charge is 0.416 e. The normalized spacial score (nSPS) is 13.2. The minimum Gasteiger partial charge on any atom is -0.507 e. The van der Waals surface area contributed by atoms with Crippen LogP contribution in [0.4, 0.5) is 13.2 Å². The van der Waals surface area contributed by atoms with Crippen LogP contribution in [-0.2, 0) is 0 Å². The average Bonchev–Trinajstić information content (AvgIpc) is 2.27. The van der Waals surface area contributed by atoms with E-state index < -0.39 is 24.7 Å². The van der Waals surface area contributed by atoms with E-state index in [9.17, 15) is 23.1 Å². The molecule has 1 aromatic carbocycles. The second-order valence-corrected chi connectivity index (χ2v) is 4.67. The molecular weight excluding hydrogens is 366 g/mol. The van der Waals surface area contributed by atoms with Gasteiger partial charge in [0.15, 0.2) is 6.10 Å². The van der Waals surface area contributed by atoms with Gasteiger partial charge in [0, 0.05) is 3.57 Å². The molecule has 0 fully saturated rings. The van der Waals surface area contributed by atoms with Gasteiger partial charge >= 0.3 is 6.18 Å². The Hall–Kier alpha value is -1.03. The van der Waals surface area contributed by atoms with Gasteiger partial charge in [0.2, 0.25) is 0 Å². The summed E-state index contributed by atoms with van der Waals surface area (Å²) in [5.74, 6) is -1.22. The molecule has 1 unspecified atom stereocenters. The van der Waals surface area contributed by atoms with Gasteiger partial charge in [0.1, 0.15) is 5.75 Å². The molecule has 0 saturated heterocycles. The number of hydrogen-bond acceptors (Lipinski definition) is 3. The first-order chi connectivity index (χ1) is 8.21. The van der Waals surface area contributed by atoms with Crippen LogP contribution in [0.5, 0.6) is 5.75 Å². The second kappa shape index (κ2) is 5.74. The number of aromatic hydroxyl groups is 1. The molecule has 0 aliphatic heterocycles. The van der Waals surface area contributed by atoms with Gasteiger partial charge in [0.25, 0.3) is 5.91 Å². The van der Waals surface area contributed by atoms with E-state index in [-0.39, 0.29) is 11.3 Å². The van der Waals surface area contributed by atoms with Crippen molar-refractivity contribution < 1.29 is 28.2 Å². The number of rotatable bonds is 3. The third-order valence-corrected chi connectivity index (χ3v) is 2.71. The standard InChI is InChI=1S/C10H9F3INO3/c11-10(12,13)8(17)4-15-9(18)6-3-5(14)1-2-7(6)16/h1-3,8,16-17H,4H2,(H,15,18). The van der Waals surface area contributed by atoms with Gasteiger partial charge in [0.05, 0.1) is 12.1 Å². The zero-order valence-corrected chi connectivity index (χ0v) is 11.0. The van der Waals surface area contributed by atoms with E-state index >= 15 is 0 Å². The van der Waals surface area contributed by atoms with Crippen molar-refractivity contribution in [2.75, 3.05) is 6.54 Å². The number of aliphatic hydroxyl groups is 1. The number of phenolic OH excluding ortho intramolecular Hbond substituents is 1. The zero-order valence-electron chi connectivity index (χ0n) is 8.83. The number of carbonyl (C=O) groups is 1. The molecule has 0 aliphatic rings. The van der Waals surface area contributed by atoms with E-state index in [0.717, 1.165) is 0 Å². The molecule has 0 bridgehead atoms. The lowest BCUT2D eigenvalue weighted by Crippen LogP contribution is -2.40. The maximum Gasteiger partial charge on any atom is 0.416 e. The number of nitrogens with one attached hydrogen (secondary N) is 1. The van der Waals surface area contributed by atoms with Crippen LogP contribution < -0.4 is 5.32 Å². The highest BCUT2D eigenvalue weighted by Crippen LogP contribution is 2.21. The van der Waals surface area contributed by atoms with Gasteiger partial charge < -0.3 is 15.5 Å². The van der Waals surface area contributed by atoms with Crippen molar-refractivity contribution in [1.29, 1.82) is 0 Å². The van der Waals surface area contributed by atoms with E-state index in [4.69, 9.17) is 5.11 Å². The first kappa shape index (κ1) is 15.0. The summed E-state index contributed by atoms with van der Waals surface area (Å²) in [6.07, 6.45) is -7.42. The molecule has 4 nitrogen and oxygen atoms in total. The average molecular weight is 375 g/mol. The fraction of sp³-hybridized carbons (Fsp3) is 0.300. The molecule has 1 rings (SSSR count). The molecule has 100 valence electrons. The summed E-state index contributed by atoms with van der Waals surface area (Å²) in [6, 6.07) is 4.12. The van der Waals surface area contributed by atoms with Crippen LogP contribution in [-0.4, -0.2) is 34.9 Å². The molecule has 0 aliphatic carbocycles. The molecular formula is C10H9F3INO3. The van der Waals surface area contributed by atoms with E-state index in [2.05, 4.69) is 0 Å². The number of aliphatic hydroxyl groups excluding tert-OH is 1. The van der Waals surface area contributed by atoms with Crippen LogP contribution in [0.1, 0.15) is 10.4 Å². The topological polar surface area (TPSA) is 69.6 Å². The van der Waals surface area contributed by atoms with E-state index in [1.165, 1.54) is 18.2 Å². The molecule has 0 radical (unpaired) electrons. The van der Waals surface area contributed by atoms with Gasteiger partial charge in [-0.1, -0.05) is 0 Å². The number of alkyl halides is 3. The molecule has 0 aromatic heterocycles. The first-order valence-corrected chi connectivity index (χ1v) is 5.81. The third kappa shape index (κ3) is 4.02. The molecule has 0 heterocycles. The highest BCUT2D eigenvalue weighted by Gasteiger charge is 2.38. The number of hydrogen-bond donors (Lipinski definition) is 3. The van der Waals surface area contributed by atoms with Gasteiger partial charge in [-0.15, -0.1) is 0 Å². The van der Waals surface area contributed by atoms with Crippen molar-refractivity contribution >= 4 is 28.5 Å². The number of carbonyl (C=O) groups excluding carboxylic acids is 1. The summed E-state index contributed by atoms with van der Waals surface area (Å²) in [5, 5.41) is 20.0. The Morgan fingerprint density at radius 1 is 1.44 bits per heavy atom. The highest BCUT2D eigenvalue weighted by molar-refractivity contribution is 14.1. The summed E-state index contributed by atoms with van der Waals surface area (Å²) in [6.45, 7) is -0.965. The molecule has 0 spiro atoms. The lowest BCUT2D eigenvalue weighted by Gasteiger charge is -2.15. The molecule has 1 atom stereocenters. The van der Waals surface area contributed by atoms with E-state index in [1.807, 2.05) is 27.9 Å². The van der Waals surface area contributed by atoms with Crippen LogP contribution in [0, 0.1) is 3.57 Å². The van der Waals surface area contributed by atoms with Crippen LogP contribution in [0.15, 0.2) is 18.2 Å². The Bertz CT molecular complexity index is 450. The lowest BCUT2D eigenvalue weighted by molar-refractivity contribution is -0.201. The maximum atomic E-state index is 12.0.